The third-order valence-corrected chi connectivity index (χ3v) is 14.7. The van der Waals surface area contributed by atoms with Gasteiger partial charge in [-0.15, -0.1) is 0 Å². The van der Waals surface area contributed by atoms with Gasteiger partial charge < -0.3 is 30.3 Å². The molecule has 5 aliphatic carbocycles. The van der Waals surface area contributed by atoms with E-state index in [1.54, 1.807) is 12.2 Å². The molecule has 5 N–H and O–H groups in total. The number of allylic oxidation sites excluding steroid dienone is 6. The Balaban J connectivity index is 0.000000238. The lowest BCUT2D eigenvalue weighted by atomic mass is 9.34. The van der Waals surface area contributed by atoms with Crippen LogP contribution in [0.15, 0.2) is 42.0 Å². The number of carbonyl (C=O) groups excluding carboxylic acids is 2. The highest BCUT2D eigenvalue weighted by Gasteiger charge is 2.67. The summed E-state index contributed by atoms with van der Waals surface area (Å²) in [5, 5.41) is 49.9. The average Bonchev–Trinajstić information content (AvgIpc) is 3.08. The Kier molecular flexibility index (Phi) is 10.7. The second kappa shape index (κ2) is 14.0. The number of aldehydes is 1. The predicted molar refractivity (Wildman–Crippen MR) is 197 cm³/mol. The number of benzene rings is 1. The lowest BCUT2D eigenvalue weighted by Gasteiger charge is -2.69. The number of aliphatic hydroxyl groups is 2. The fourth-order valence-electron chi connectivity index (χ4n) is 11.0. The Morgan fingerprint density at radius 3 is 2.31 bits per heavy atom. The summed E-state index contributed by atoms with van der Waals surface area (Å²) in [6.45, 7) is 15.6. The second-order valence-electron chi connectivity index (χ2n) is 17.7. The molecule has 0 heterocycles. The number of aliphatic carboxylic acids is 1. The van der Waals surface area contributed by atoms with E-state index in [0.29, 0.717) is 12.2 Å². The minimum atomic E-state index is -1.43. The molecule has 4 saturated carbocycles. The third kappa shape index (κ3) is 6.32. The standard InChI is InChI=1S/C29H40O4.C14H20O4/c1-17-18-7-8-21-27(4,19(18)15-20(30)23(17)31)12-14-29(6)22-16-26(3,24(32)33)10-9-25(22,2)11-13-28(21,29)5;1-2-3-4-5-6-7-10-8-12(16)14(18)13(17)11(10)9-15/h8,15,22,30-31H,7,9-14,16H2,1-6H3,(H,32,33);4-7,9-12,14,16,18H,2-3,8H2,1H3. The minimum absolute atomic E-state index is 0.00431. The number of rotatable bonds is 6. The number of aromatic hydroxyl groups is 2. The molecule has 0 bridgehead atoms. The molecule has 8 heteroatoms. The molecule has 280 valence electrons. The summed E-state index contributed by atoms with van der Waals surface area (Å²) in [6, 6.07) is 1.81. The molecule has 8 nitrogen and oxygen atoms in total. The van der Waals surface area contributed by atoms with Crippen LogP contribution in [0, 0.1) is 46.3 Å². The molecule has 5 aliphatic rings. The predicted octanol–water partition coefficient (Wildman–Crippen LogP) is 7.67. The van der Waals surface area contributed by atoms with Crippen LogP contribution in [0.1, 0.15) is 122 Å². The van der Waals surface area contributed by atoms with Crippen LogP contribution in [-0.4, -0.2) is 55.8 Å². The zero-order valence-corrected chi connectivity index (χ0v) is 31.7. The van der Waals surface area contributed by atoms with Crippen molar-refractivity contribution in [2.24, 2.45) is 39.4 Å². The average molecular weight is 705 g/mol. The van der Waals surface area contributed by atoms with E-state index in [-0.39, 0.29) is 45.5 Å². The first-order valence-electron chi connectivity index (χ1n) is 19.0. The summed E-state index contributed by atoms with van der Waals surface area (Å²) in [6.07, 6.45) is 17.8. The highest BCUT2D eigenvalue weighted by molar-refractivity contribution is 5.97. The zero-order valence-electron chi connectivity index (χ0n) is 31.7. The number of unbranched alkanes of at least 4 members (excludes halogenated alkanes) is 1. The van der Waals surface area contributed by atoms with Gasteiger partial charge in [-0.3, -0.25) is 9.59 Å². The molecule has 10 unspecified atom stereocenters. The molecule has 0 spiro atoms. The number of fused-ring (bicyclic) bond motifs is 7. The maximum Gasteiger partial charge on any atom is 0.309 e. The number of hydrogen-bond donors (Lipinski definition) is 5. The van der Waals surface area contributed by atoms with Crippen molar-refractivity contribution in [1.82, 2.24) is 0 Å². The SMILES string of the molecule is CCCC=CC=CC1CC(O)C(O)C(=O)C1C=O.Cc1c(O)c(O)cc2c1CC=C1C2(C)CCC2(C)C3CC(C)(C(=O)O)CCC3(C)CCC12C. The Morgan fingerprint density at radius 2 is 1.67 bits per heavy atom. The van der Waals surface area contributed by atoms with Crippen LogP contribution < -0.4 is 0 Å². The number of aliphatic hydroxyl groups excluding tert-OH is 2. The maximum atomic E-state index is 12.3. The molecule has 1 aromatic carbocycles. The van der Waals surface area contributed by atoms with Gasteiger partial charge >= 0.3 is 5.97 Å². The maximum absolute atomic E-state index is 12.3. The molecule has 0 radical (unpaired) electrons. The van der Waals surface area contributed by atoms with Crippen molar-refractivity contribution in [3.8, 4) is 11.5 Å². The molecule has 51 heavy (non-hydrogen) atoms. The topological polar surface area (TPSA) is 152 Å². The Labute approximate surface area is 303 Å². The van der Waals surface area contributed by atoms with Crippen molar-refractivity contribution in [1.29, 1.82) is 0 Å². The molecule has 0 amide bonds. The van der Waals surface area contributed by atoms with E-state index in [0.717, 1.165) is 75.3 Å². The first-order valence-corrected chi connectivity index (χ1v) is 19.0. The fraction of sp³-hybridized carbons (Fsp3) is 0.651. The lowest BCUT2D eigenvalue weighted by molar-refractivity contribution is -0.177. The van der Waals surface area contributed by atoms with E-state index in [1.165, 1.54) is 11.1 Å². The minimum Gasteiger partial charge on any atom is -0.504 e. The molecular weight excluding hydrogens is 644 g/mol. The highest BCUT2D eigenvalue weighted by Crippen LogP contribution is 2.74. The number of hydrogen-bond acceptors (Lipinski definition) is 7. The van der Waals surface area contributed by atoms with Gasteiger partial charge in [-0.25, -0.2) is 0 Å². The first kappa shape index (κ1) is 39.0. The largest absolute Gasteiger partial charge is 0.504 e. The van der Waals surface area contributed by atoms with E-state index in [4.69, 9.17) is 0 Å². The molecule has 4 fully saturated rings. The van der Waals surface area contributed by atoms with Gasteiger partial charge in [-0.2, -0.15) is 0 Å². The van der Waals surface area contributed by atoms with E-state index in [1.807, 2.05) is 32.1 Å². The van der Waals surface area contributed by atoms with Gasteiger partial charge in [-0.05, 0) is 129 Å². The quantitative estimate of drug-likeness (QED) is 0.0665. The number of Topliss-reactive ketones (excluding diaryl/α,β-unsaturated/α-hetero) is 1. The smallest absolute Gasteiger partial charge is 0.309 e. The van der Waals surface area contributed by atoms with Crippen LogP contribution in [0.2, 0.25) is 0 Å². The van der Waals surface area contributed by atoms with Gasteiger partial charge in [0, 0.05) is 5.41 Å². The van der Waals surface area contributed by atoms with Crippen molar-refractivity contribution >= 4 is 18.0 Å². The van der Waals surface area contributed by atoms with Crippen LogP contribution >= 0.6 is 0 Å². The van der Waals surface area contributed by atoms with Crippen LogP contribution in [0.25, 0.3) is 0 Å². The molecule has 0 aliphatic heterocycles. The zero-order chi connectivity index (χ0) is 37.7. The van der Waals surface area contributed by atoms with Crippen molar-refractivity contribution < 1.29 is 39.9 Å². The van der Waals surface area contributed by atoms with Crippen molar-refractivity contribution in [3.05, 3.63) is 58.7 Å². The summed E-state index contributed by atoms with van der Waals surface area (Å²) >= 11 is 0. The van der Waals surface area contributed by atoms with Gasteiger partial charge in [0.15, 0.2) is 17.3 Å². The number of phenolic OH excluding ortho intramolecular Hbond substituents is 2. The summed E-state index contributed by atoms with van der Waals surface area (Å²) in [5.74, 6) is -2.05. The van der Waals surface area contributed by atoms with Gasteiger partial charge in [0.05, 0.1) is 17.4 Å². The third-order valence-electron chi connectivity index (χ3n) is 14.7. The second-order valence-corrected chi connectivity index (χ2v) is 17.7. The van der Waals surface area contributed by atoms with Gasteiger partial charge in [-0.1, -0.05) is 77.0 Å². The number of carbonyl (C=O) groups is 3. The van der Waals surface area contributed by atoms with E-state index in [2.05, 4.69) is 40.7 Å². The fourth-order valence-corrected chi connectivity index (χ4v) is 11.0. The molecule has 0 aromatic heterocycles. The van der Waals surface area contributed by atoms with Crippen LogP contribution in [0.4, 0.5) is 0 Å². The normalized spacial score (nSPS) is 40.3. The Hall–Kier alpha value is -3.23. The van der Waals surface area contributed by atoms with E-state index >= 15 is 0 Å². The Bertz CT molecular complexity index is 1640. The van der Waals surface area contributed by atoms with Gasteiger partial charge in [0.2, 0.25) is 0 Å². The van der Waals surface area contributed by atoms with Crippen LogP contribution in [0.3, 0.4) is 0 Å². The summed E-state index contributed by atoms with van der Waals surface area (Å²) in [4.78, 5) is 34.8. The van der Waals surface area contributed by atoms with E-state index < -0.39 is 35.3 Å². The summed E-state index contributed by atoms with van der Waals surface area (Å²) < 4.78 is 0. The molecular formula is C43H60O8. The van der Waals surface area contributed by atoms with E-state index in [9.17, 15) is 39.9 Å². The summed E-state index contributed by atoms with van der Waals surface area (Å²) in [5.41, 5.74) is 4.00. The number of ketones is 1. The number of carboxylic acids is 1. The van der Waals surface area contributed by atoms with Crippen LogP contribution in [0.5, 0.6) is 11.5 Å². The monoisotopic (exact) mass is 704 g/mol. The number of phenols is 2. The Morgan fingerprint density at radius 1 is 0.980 bits per heavy atom. The van der Waals surface area contributed by atoms with Crippen molar-refractivity contribution in [2.75, 3.05) is 0 Å². The lowest BCUT2D eigenvalue weighted by Crippen LogP contribution is -2.62. The molecule has 0 saturated heterocycles. The first-order chi connectivity index (χ1) is 23.8. The number of carboxylic acid groups (broad SMARTS) is 1. The van der Waals surface area contributed by atoms with Gasteiger partial charge in [0.1, 0.15) is 12.4 Å². The molecule has 1 aromatic rings. The van der Waals surface area contributed by atoms with Crippen molar-refractivity contribution in [2.45, 2.75) is 137 Å². The van der Waals surface area contributed by atoms with Gasteiger partial charge in [0.25, 0.3) is 0 Å². The highest BCUT2D eigenvalue weighted by atomic mass is 16.4. The van der Waals surface area contributed by atoms with Crippen molar-refractivity contribution in [3.63, 3.8) is 0 Å². The molecule has 6 rings (SSSR count). The van der Waals surface area contributed by atoms with Crippen LogP contribution in [-0.2, 0) is 26.2 Å². The molecule has 10 atom stereocenters. The summed E-state index contributed by atoms with van der Waals surface area (Å²) in [7, 11) is 0.